The number of nitro groups is 1. The second-order valence-electron chi connectivity index (χ2n) is 8.95. The third kappa shape index (κ3) is 6.29. The van der Waals surface area contributed by atoms with Gasteiger partial charge >= 0.3 is 0 Å². The van der Waals surface area contributed by atoms with E-state index in [0.717, 1.165) is 16.8 Å². The second-order valence-corrected chi connectivity index (χ2v) is 9.89. The number of benzene rings is 3. The minimum Gasteiger partial charge on any atom is -0.495 e. The summed E-state index contributed by atoms with van der Waals surface area (Å²) in [7, 11) is 1.54. The van der Waals surface area contributed by atoms with Gasteiger partial charge in [-0.05, 0) is 56.2 Å². The Hall–Kier alpha value is -4.71. The smallest absolute Gasteiger partial charge is 0.273 e. The standard InChI is InChI=1S/C28H28N6O5S/c1-17-12-13-18(2)21(14-17)30-26(35)16-40-28-32-31-25(33(28)23-9-5-6-11-24(23)39-4)15-29-27(36)20-8-7-10-22(19(20)3)34(37)38/h5-14H,15-16H2,1-4H3,(H,29,36)(H,30,35). The van der Waals surface area contributed by atoms with Crippen molar-refractivity contribution < 1.29 is 19.2 Å². The molecule has 0 saturated heterocycles. The van der Waals surface area contributed by atoms with Gasteiger partial charge in [0.1, 0.15) is 5.75 Å². The number of nitrogens with one attached hydrogen (secondary N) is 2. The summed E-state index contributed by atoms with van der Waals surface area (Å²) in [5, 5.41) is 26.0. The Balaban J connectivity index is 1.57. The van der Waals surface area contributed by atoms with Crippen molar-refractivity contribution in [3.63, 3.8) is 0 Å². The van der Waals surface area contributed by atoms with Gasteiger partial charge in [0, 0.05) is 22.9 Å². The van der Waals surface area contributed by atoms with Crippen molar-refractivity contribution in [3.05, 3.63) is 98.9 Å². The number of nitrogens with zero attached hydrogens (tertiary/aromatic N) is 4. The molecule has 0 spiro atoms. The van der Waals surface area contributed by atoms with Gasteiger partial charge in [-0.15, -0.1) is 10.2 Å². The summed E-state index contributed by atoms with van der Waals surface area (Å²) in [5.41, 5.74) is 3.69. The number of thioether (sulfide) groups is 1. The number of para-hydroxylation sites is 2. The average Bonchev–Trinajstić information content (AvgIpc) is 3.35. The highest BCUT2D eigenvalue weighted by Gasteiger charge is 2.21. The lowest BCUT2D eigenvalue weighted by molar-refractivity contribution is -0.385. The van der Waals surface area contributed by atoms with Gasteiger partial charge in [0.25, 0.3) is 11.6 Å². The molecule has 0 aliphatic carbocycles. The molecule has 0 atom stereocenters. The minimum absolute atomic E-state index is 0.0265. The third-order valence-corrected chi connectivity index (χ3v) is 7.11. The van der Waals surface area contributed by atoms with Crippen LogP contribution in [-0.4, -0.2) is 44.4 Å². The van der Waals surface area contributed by atoms with E-state index in [1.165, 1.54) is 36.9 Å². The molecule has 40 heavy (non-hydrogen) atoms. The maximum Gasteiger partial charge on any atom is 0.273 e. The molecule has 4 rings (SSSR count). The van der Waals surface area contributed by atoms with E-state index in [1.807, 2.05) is 50.2 Å². The number of hydrogen-bond donors (Lipinski definition) is 2. The van der Waals surface area contributed by atoms with Gasteiger partial charge in [-0.2, -0.15) is 0 Å². The van der Waals surface area contributed by atoms with E-state index in [2.05, 4.69) is 20.8 Å². The predicted octanol–water partition coefficient (Wildman–Crippen LogP) is 4.77. The van der Waals surface area contributed by atoms with E-state index in [4.69, 9.17) is 4.74 Å². The number of anilines is 1. The minimum atomic E-state index is -0.523. The lowest BCUT2D eigenvalue weighted by atomic mass is 10.1. The van der Waals surface area contributed by atoms with Crippen molar-refractivity contribution in [2.75, 3.05) is 18.2 Å². The van der Waals surface area contributed by atoms with E-state index >= 15 is 0 Å². The molecule has 4 aromatic rings. The molecule has 0 unspecified atom stereocenters. The molecule has 11 nitrogen and oxygen atoms in total. The van der Waals surface area contributed by atoms with Crippen LogP contribution in [-0.2, 0) is 11.3 Å². The fourth-order valence-electron chi connectivity index (χ4n) is 4.07. The average molecular weight is 561 g/mol. The topological polar surface area (TPSA) is 141 Å². The lowest BCUT2D eigenvalue weighted by Gasteiger charge is -2.14. The van der Waals surface area contributed by atoms with Crippen molar-refractivity contribution in [2.45, 2.75) is 32.5 Å². The Morgan fingerprint density at radius 1 is 1.05 bits per heavy atom. The normalized spacial score (nSPS) is 10.7. The van der Waals surface area contributed by atoms with E-state index in [-0.39, 0.29) is 35.0 Å². The zero-order chi connectivity index (χ0) is 28.8. The summed E-state index contributed by atoms with van der Waals surface area (Å²) in [6.07, 6.45) is 0. The van der Waals surface area contributed by atoms with Gasteiger partial charge in [-0.25, -0.2) is 0 Å². The molecule has 0 saturated carbocycles. The highest BCUT2D eigenvalue weighted by atomic mass is 32.2. The largest absolute Gasteiger partial charge is 0.495 e. The zero-order valence-electron chi connectivity index (χ0n) is 22.4. The maximum atomic E-state index is 13.0. The Labute approximate surface area is 235 Å². The molecular weight excluding hydrogens is 532 g/mol. The monoisotopic (exact) mass is 560 g/mol. The number of aromatic nitrogens is 3. The zero-order valence-corrected chi connectivity index (χ0v) is 23.2. The van der Waals surface area contributed by atoms with Crippen molar-refractivity contribution in [2.24, 2.45) is 0 Å². The first-order valence-electron chi connectivity index (χ1n) is 12.3. The molecule has 3 aromatic carbocycles. The molecule has 12 heteroatoms. The van der Waals surface area contributed by atoms with Crippen LogP contribution in [0.2, 0.25) is 0 Å². The van der Waals surface area contributed by atoms with Crippen LogP contribution >= 0.6 is 11.8 Å². The first kappa shape index (κ1) is 28.3. The van der Waals surface area contributed by atoms with E-state index in [0.29, 0.717) is 22.4 Å². The fourth-order valence-corrected chi connectivity index (χ4v) is 4.84. The molecule has 1 aromatic heterocycles. The maximum absolute atomic E-state index is 13.0. The van der Waals surface area contributed by atoms with Gasteiger partial charge < -0.3 is 15.4 Å². The Kier molecular flexibility index (Phi) is 8.80. The summed E-state index contributed by atoms with van der Waals surface area (Å²) >= 11 is 1.19. The molecule has 2 N–H and O–H groups in total. The number of nitro benzene ring substituents is 1. The lowest BCUT2D eigenvalue weighted by Crippen LogP contribution is -2.25. The van der Waals surface area contributed by atoms with E-state index < -0.39 is 10.8 Å². The van der Waals surface area contributed by atoms with Crippen LogP contribution in [0, 0.1) is 30.9 Å². The Morgan fingerprint density at radius 3 is 2.58 bits per heavy atom. The molecule has 2 amide bonds. The van der Waals surface area contributed by atoms with Crippen LogP contribution in [0.1, 0.15) is 32.9 Å². The molecule has 206 valence electrons. The second kappa shape index (κ2) is 12.4. The van der Waals surface area contributed by atoms with E-state index in [1.54, 1.807) is 17.7 Å². The number of aryl methyl sites for hydroxylation is 2. The number of methoxy groups -OCH3 is 1. The SMILES string of the molecule is COc1ccccc1-n1c(CNC(=O)c2cccc([N+](=O)[O-])c2C)nnc1SCC(=O)Nc1cc(C)ccc1C. The highest BCUT2D eigenvalue weighted by Crippen LogP contribution is 2.29. The molecule has 1 heterocycles. The summed E-state index contributed by atoms with van der Waals surface area (Å²) in [4.78, 5) is 36.5. The first-order chi connectivity index (χ1) is 19.2. The quantitative estimate of drug-likeness (QED) is 0.161. The van der Waals surface area contributed by atoms with Gasteiger partial charge in [0.2, 0.25) is 5.91 Å². The van der Waals surface area contributed by atoms with Crippen molar-refractivity contribution in [1.82, 2.24) is 20.1 Å². The summed E-state index contributed by atoms with van der Waals surface area (Å²) in [5.74, 6) is 0.312. The molecule has 0 fully saturated rings. The van der Waals surface area contributed by atoms with Crippen LogP contribution in [0.3, 0.4) is 0 Å². The predicted molar refractivity (Wildman–Crippen MR) is 152 cm³/mol. The summed E-state index contributed by atoms with van der Waals surface area (Å²) < 4.78 is 7.26. The van der Waals surface area contributed by atoms with Crippen LogP contribution in [0.5, 0.6) is 5.75 Å². The third-order valence-electron chi connectivity index (χ3n) is 6.18. The molecule has 0 aliphatic rings. The van der Waals surface area contributed by atoms with E-state index in [9.17, 15) is 19.7 Å². The molecule has 0 radical (unpaired) electrons. The number of carbonyl (C=O) groups excluding carboxylic acids is 2. The van der Waals surface area contributed by atoms with Crippen molar-refractivity contribution in [3.8, 4) is 11.4 Å². The van der Waals surface area contributed by atoms with Gasteiger partial charge in [0.05, 0.1) is 30.0 Å². The van der Waals surface area contributed by atoms with Crippen LogP contribution in [0.15, 0.2) is 65.8 Å². The number of amides is 2. The summed E-state index contributed by atoms with van der Waals surface area (Å²) in [6.45, 7) is 5.39. The van der Waals surface area contributed by atoms with Gasteiger partial charge in [-0.3, -0.25) is 24.3 Å². The molecule has 0 bridgehead atoms. The Morgan fingerprint density at radius 2 is 1.82 bits per heavy atom. The van der Waals surface area contributed by atoms with Crippen molar-refractivity contribution in [1.29, 1.82) is 0 Å². The van der Waals surface area contributed by atoms with Crippen LogP contribution < -0.4 is 15.4 Å². The summed E-state index contributed by atoms with van der Waals surface area (Å²) in [6, 6.07) is 17.4. The number of rotatable bonds is 10. The molecule has 0 aliphatic heterocycles. The van der Waals surface area contributed by atoms with Crippen molar-refractivity contribution >= 4 is 35.0 Å². The van der Waals surface area contributed by atoms with Crippen LogP contribution in [0.25, 0.3) is 5.69 Å². The molecular formula is C28H28N6O5S. The number of ether oxygens (including phenoxy) is 1. The number of carbonyl (C=O) groups is 2. The Bertz CT molecular complexity index is 1590. The van der Waals surface area contributed by atoms with Gasteiger partial charge in [-0.1, -0.05) is 42.1 Å². The van der Waals surface area contributed by atoms with Crippen LogP contribution in [0.4, 0.5) is 11.4 Å². The fraction of sp³-hybridized carbons (Fsp3) is 0.214. The first-order valence-corrected chi connectivity index (χ1v) is 13.3. The highest BCUT2D eigenvalue weighted by molar-refractivity contribution is 7.99. The van der Waals surface area contributed by atoms with Gasteiger partial charge in [0.15, 0.2) is 11.0 Å². The number of hydrogen-bond acceptors (Lipinski definition) is 8.